The Morgan fingerprint density at radius 3 is 2.42 bits per heavy atom. The summed E-state index contributed by atoms with van der Waals surface area (Å²) in [6.45, 7) is 1.02. The minimum atomic E-state index is -4.35. The van der Waals surface area contributed by atoms with E-state index in [0.29, 0.717) is 11.6 Å². The van der Waals surface area contributed by atoms with E-state index in [9.17, 15) is 26.4 Å². The number of alkyl halides is 3. The molecule has 198 valence electrons. The molecule has 1 amide bonds. The summed E-state index contributed by atoms with van der Waals surface area (Å²) in [7, 11) is -3.69. The second-order valence-corrected chi connectivity index (χ2v) is 10.4. The number of ether oxygens (including phenoxy) is 1. The number of benzene rings is 1. The molecule has 0 saturated heterocycles. The SMILES string of the molecule is C[C@@H](CC(F)(F)F)NC(=O)OCC1CC(c2cnc(Nc3ccc(S(=O)(=O)NCCO)cc3)nc2)C1. The molecule has 1 aromatic heterocycles. The summed E-state index contributed by atoms with van der Waals surface area (Å²) in [5, 5.41) is 13.9. The number of halogens is 3. The Hall–Kier alpha value is -2.97. The molecule has 4 N–H and O–H groups in total. The number of nitrogens with one attached hydrogen (secondary N) is 3. The van der Waals surface area contributed by atoms with Gasteiger partial charge in [0.05, 0.1) is 24.5 Å². The van der Waals surface area contributed by atoms with Crippen LogP contribution in [-0.2, 0) is 14.8 Å². The maximum atomic E-state index is 12.3. The van der Waals surface area contributed by atoms with Gasteiger partial charge in [-0.3, -0.25) is 0 Å². The molecule has 0 spiro atoms. The number of carbonyl (C=O) groups is 1. The normalized spacial score (nSPS) is 18.7. The van der Waals surface area contributed by atoms with Crippen molar-refractivity contribution in [3.05, 3.63) is 42.2 Å². The van der Waals surface area contributed by atoms with E-state index in [0.717, 1.165) is 18.4 Å². The number of aromatic nitrogens is 2. The highest BCUT2D eigenvalue weighted by atomic mass is 32.2. The average Bonchev–Trinajstić information content (AvgIpc) is 2.76. The van der Waals surface area contributed by atoms with Gasteiger partial charge in [-0.1, -0.05) is 0 Å². The molecule has 1 aromatic carbocycles. The molecule has 1 aliphatic rings. The molecule has 1 heterocycles. The average molecular weight is 532 g/mol. The number of rotatable bonds is 11. The van der Waals surface area contributed by atoms with E-state index in [-0.39, 0.29) is 36.5 Å². The van der Waals surface area contributed by atoms with Gasteiger partial charge in [0.2, 0.25) is 16.0 Å². The second-order valence-electron chi connectivity index (χ2n) is 8.61. The molecule has 36 heavy (non-hydrogen) atoms. The van der Waals surface area contributed by atoms with E-state index in [2.05, 4.69) is 25.3 Å². The van der Waals surface area contributed by atoms with Crippen molar-refractivity contribution in [1.29, 1.82) is 0 Å². The number of nitrogens with zero attached hydrogens (tertiary/aromatic N) is 2. The zero-order valence-electron chi connectivity index (χ0n) is 19.5. The molecule has 0 unspecified atom stereocenters. The van der Waals surface area contributed by atoms with Crippen LogP contribution in [0, 0.1) is 5.92 Å². The number of amides is 1. The van der Waals surface area contributed by atoms with Crippen LogP contribution in [0.5, 0.6) is 0 Å². The van der Waals surface area contributed by atoms with E-state index in [1.807, 2.05) is 0 Å². The minimum Gasteiger partial charge on any atom is -0.449 e. The fourth-order valence-electron chi connectivity index (χ4n) is 3.70. The number of hydrogen-bond donors (Lipinski definition) is 4. The third-order valence-corrected chi connectivity index (χ3v) is 7.03. The van der Waals surface area contributed by atoms with E-state index < -0.39 is 34.8 Å². The standard InChI is InChI=1S/C22H28F3N5O5S/c1-14(10-22(23,24)25)29-21(32)35-13-15-8-16(9-15)17-11-26-20(27-12-17)30-18-2-4-19(5-3-18)36(33,34)28-6-7-31/h2-5,11-12,14-16,28,31H,6-10,13H2,1H3,(H,29,32)(H,26,27,30)/t14-,15?,16?/m0/s1. The van der Waals surface area contributed by atoms with E-state index in [1.54, 1.807) is 24.5 Å². The Labute approximate surface area is 206 Å². The Kier molecular flexibility index (Phi) is 9.08. The van der Waals surface area contributed by atoms with Crippen molar-refractivity contribution in [2.24, 2.45) is 5.92 Å². The number of hydrogen-bond acceptors (Lipinski definition) is 8. The van der Waals surface area contributed by atoms with Crippen LogP contribution in [0.15, 0.2) is 41.6 Å². The molecule has 1 fully saturated rings. The fourth-order valence-corrected chi connectivity index (χ4v) is 4.72. The summed E-state index contributed by atoms with van der Waals surface area (Å²) in [5.74, 6) is 0.630. The summed E-state index contributed by atoms with van der Waals surface area (Å²) >= 11 is 0. The van der Waals surface area contributed by atoms with Crippen LogP contribution in [0.2, 0.25) is 0 Å². The first-order valence-corrected chi connectivity index (χ1v) is 12.7. The Morgan fingerprint density at radius 1 is 1.19 bits per heavy atom. The molecule has 1 aliphatic carbocycles. The van der Waals surface area contributed by atoms with Crippen molar-refractivity contribution in [1.82, 2.24) is 20.0 Å². The van der Waals surface area contributed by atoms with E-state index >= 15 is 0 Å². The lowest BCUT2D eigenvalue weighted by atomic mass is 9.72. The van der Waals surface area contributed by atoms with E-state index in [1.165, 1.54) is 19.1 Å². The van der Waals surface area contributed by atoms with Crippen molar-refractivity contribution in [2.75, 3.05) is 25.1 Å². The highest BCUT2D eigenvalue weighted by molar-refractivity contribution is 7.89. The quantitative estimate of drug-likeness (QED) is 0.347. The van der Waals surface area contributed by atoms with Crippen LogP contribution in [0.4, 0.5) is 29.6 Å². The van der Waals surface area contributed by atoms with Crippen molar-refractivity contribution in [2.45, 2.75) is 49.2 Å². The third-order valence-electron chi connectivity index (χ3n) is 5.56. The van der Waals surface area contributed by atoms with Gasteiger partial charge in [0.15, 0.2) is 0 Å². The lowest BCUT2D eigenvalue weighted by Gasteiger charge is -2.34. The van der Waals surface area contributed by atoms with Gasteiger partial charge in [0.1, 0.15) is 0 Å². The second kappa shape index (κ2) is 11.8. The van der Waals surface area contributed by atoms with Crippen LogP contribution in [0.3, 0.4) is 0 Å². The number of alkyl carbamates (subject to hydrolysis) is 1. The van der Waals surface area contributed by atoms with E-state index in [4.69, 9.17) is 9.84 Å². The first kappa shape index (κ1) is 27.6. The topological polar surface area (TPSA) is 143 Å². The third kappa shape index (κ3) is 8.31. The molecule has 0 radical (unpaired) electrons. The van der Waals surface area contributed by atoms with Crippen LogP contribution in [0.1, 0.15) is 37.7 Å². The number of aliphatic hydroxyl groups excluding tert-OH is 1. The van der Waals surface area contributed by atoms with Crippen molar-refractivity contribution < 1.29 is 36.2 Å². The highest BCUT2D eigenvalue weighted by Gasteiger charge is 2.33. The number of anilines is 2. The molecular weight excluding hydrogens is 503 g/mol. The van der Waals surface area contributed by atoms with Gasteiger partial charge in [0.25, 0.3) is 0 Å². The van der Waals surface area contributed by atoms with Crippen LogP contribution >= 0.6 is 0 Å². The van der Waals surface area contributed by atoms with Crippen LogP contribution in [-0.4, -0.2) is 61.6 Å². The Balaban J connectivity index is 1.41. The van der Waals surface area contributed by atoms with Gasteiger partial charge >= 0.3 is 12.3 Å². The summed E-state index contributed by atoms with van der Waals surface area (Å²) in [5.41, 5.74) is 1.50. The predicted octanol–water partition coefficient (Wildman–Crippen LogP) is 3.05. The summed E-state index contributed by atoms with van der Waals surface area (Å²) in [6, 6.07) is 4.92. The van der Waals surface area contributed by atoms with Gasteiger partial charge in [-0.25, -0.2) is 27.9 Å². The summed E-state index contributed by atoms with van der Waals surface area (Å²) in [6.07, 6.45) is -1.49. The molecule has 0 aliphatic heterocycles. The Morgan fingerprint density at radius 2 is 1.83 bits per heavy atom. The maximum absolute atomic E-state index is 12.3. The zero-order chi connectivity index (χ0) is 26.3. The molecule has 2 aromatic rings. The molecule has 3 rings (SSSR count). The number of carbonyl (C=O) groups excluding carboxylic acids is 1. The molecule has 14 heteroatoms. The van der Waals surface area contributed by atoms with Crippen molar-refractivity contribution >= 4 is 27.8 Å². The predicted molar refractivity (Wildman–Crippen MR) is 124 cm³/mol. The van der Waals surface area contributed by atoms with Gasteiger partial charge in [-0.15, -0.1) is 0 Å². The molecule has 1 saturated carbocycles. The maximum Gasteiger partial charge on any atom is 0.407 e. The lowest BCUT2D eigenvalue weighted by molar-refractivity contribution is -0.138. The van der Waals surface area contributed by atoms with Gasteiger partial charge < -0.3 is 20.5 Å². The molecule has 1 atom stereocenters. The van der Waals surface area contributed by atoms with Crippen molar-refractivity contribution in [3.8, 4) is 0 Å². The van der Waals surface area contributed by atoms with Gasteiger partial charge in [-0.2, -0.15) is 13.2 Å². The summed E-state index contributed by atoms with van der Waals surface area (Å²) in [4.78, 5) is 20.3. The number of sulfonamides is 1. The first-order valence-electron chi connectivity index (χ1n) is 11.2. The molecular formula is C22H28F3N5O5S. The highest BCUT2D eigenvalue weighted by Crippen LogP contribution is 2.41. The van der Waals surface area contributed by atoms with Crippen LogP contribution in [0.25, 0.3) is 0 Å². The Bertz CT molecular complexity index is 1110. The zero-order valence-corrected chi connectivity index (χ0v) is 20.3. The smallest absolute Gasteiger partial charge is 0.407 e. The molecule has 0 bridgehead atoms. The largest absolute Gasteiger partial charge is 0.449 e. The monoisotopic (exact) mass is 531 g/mol. The fraction of sp³-hybridized carbons (Fsp3) is 0.500. The lowest BCUT2D eigenvalue weighted by Crippen LogP contribution is -2.38. The molecule has 10 nitrogen and oxygen atoms in total. The summed E-state index contributed by atoms with van der Waals surface area (Å²) < 4.78 is 68.4. The van der Waals surface area contributed by atoms with Crippen LogP contribution < -0.4 is 15.4 Å². The minimum absolute atomic E-state index is 0.0644. The number of aliphatic hydroxyl groups is 1. The van der Waals surface area contributed by atoms with Gasteiger partial charge in [-0.05, 0) is 61.4 Å². The van der Waals surface area contributed by atoms with Gasteiger partial charge in [0, 0.05) is 30.7 Å². The first-order chi connectivity index (χ1) is 16.9. The van der Waals surface area contributed by atoms with Crippen molar-refractivity contribution in [3.63, 3.8) is 0 Å².